The zero-order valence-electron chi connectivity index (χ0n) is 16.1. The molecule has 4 aliphatic carbocycles. The van der Waals surface area contributed by atoms with Gasteiger partial charge in [0.05, 0.1) is 25.2 Å². The number of fused-ring (bicyclic) bond motifs is 3. The second-order valence-electron chi connectivity index (χ2n) is 9.78. The third kappa shape index (κ3) is 2.43. The Morgan fingerprint density at radius 1 is 1.16 bits per heavy atom. The van der Waals surface area contributed by atoms with Crippen molar-refractivity contribution in [1.29, 1.82) is 0 Å². The van der Waals surface area contributed by atoms with Crippen molar-refractivity contribution in [3.05, 3.63) is 0 Å². The standard InChI is InChI=1S/C21H34O4/c1-19-9-4-5-15(18(22)25-3)16(19)8-10-20-11-14(6-7-17(19)20)21(23,12-20)13-24-2/h14-17,23H,4-13H2,1-3H3. The Morgan fingerprint density at radius 3 is 2.68 bits per heavy atom. The maximum absolute atomic E-state index is 12.4. The van der Waals surface area contributed by atoms with Crippen LogP contribution in [0.2, 0.25) is 0 Å². The Balaban J connectivity index is 1.65. The van der Waals surface area contributed by atoms with E-state index in [0.29, 0.717) is 24.4 Å². The van der Waals surface area contributed by atoms with Gasteiger partial charge in [0.25, 0.3) is 0 Å². The first-order chi connectivity index (χ1) is 11.9. The molecule has 142 valence electrons. The van der Waals surface area contributed by atoms with Gasteiger partial charge < -0.3 is 14.6 Å². The van der Waals surface area contributed by atoms with Crippen LogP contribution in [0.1, 0.15) is 64.7 Å². The van der Waals surface area contributed by atoms with Gasteiger partial charge in [-0.1, -0.05) is 13.3 Å². The molecular weight excluding hydrogens is 316 g/mol. The predicted molar refractivity (Wildman–Crippen MR) is 94.9 cm³/mol. The van der Waals surface area contributed by atoms with Crippen molar-refractivity contribution in [2.75, 3.05) is 20.8 Å². The molecule has 4 aliphatic rings. The molecule has 2 bridgehead atoms. The molecule has 1 N–H and O–H groups in total. The van der Waals surface area contributed by atoms with Crippen molar-refractivity contribution in [2.45, 2.75) is 70.3 Å². The molecule has 4 rings (SSSR count). The number of carbonyl (C=O) groups is 1. The van der Waals surface area contributed by atoms with E-state index in [4.69, 9.17) is 9.47 Å². The minimum atomic E-state index is -0.636. The van der Waals surface area contributed by atoms with E-state index in [2.05, 4.69) is 6.92 Å². The number of aliphatic hydroxyl groups is 1. The van der Waals surface area contributed by atoms with Gasteiger partial charge in [0, 0.05) is 7.11 Å². The van der Waals surface area contributed by atoms with Crippen molar-refractivity contribution in [1.82, 2.24) is 0 Å². The van der Waals surface area contributed by atoms with Crippen LogP contribution in [0, 0.1) is 34.5 Å². The van der Waals surface area contributed by atoms with E-state index in [-0.39, 0.29) is 22.7 Å². The molecule has 0 heterocycles. The Kier molecular flexibility index (Phi) is 4.23. The number of rotatable bonds is 3. The molecule has 0 aromatic carbocycles. The number of ether oxygens (including phenoxy) is 2. The van der Waals surface area contributed by atoms with Crippen molar-refractivity contribution in [3.8, 4) is 0 Å². The van der Waals surface area contributed by atoms with Gasteiger partial charge >= 0.3 is 5.97 Å². The topological polar surface area (TPSA) is 55.8 Å². The van der Waals surface area contributed by atoms with Crippen molar-refractivity contribution < 1.29 is 19.4 Å². The highest BCUT2D eigenvalue weighted by atomic mass is 16.5. The second-order valence-corrected chi connectivity index (χ2v) is 9.78. The maximum Gasteiger partial charge on any atom is 0.308 e. The molecule has 1 spiro atoms. The molecule has 7 atom stereocenters. The van der Waals surface area contributed by atoms with Gasteiger partial charge in [-0.3, -0.25) is 4.79 Å². The van der Waals surface area contributed by atoms with E-state index >= 15 is 0 Å². The van der Waals surface area contributed by atoms with E-state index in [1.165, 1.54) is 20.0 Å². The first-order valence-electron chi connectivity index (χ1n) is 10.2. The minimum absolute atomic E-state index is 0.00266. The average Bonchev–Trinajstić information content (AvgIpc) is 2.79. The minimum Gasteiger partial charge on any atom is -0.469 e. The molecular formula is C21H34O4. The van der Waals surface area contributed by atoms with Gasteiger partial charge in [0.15, 0.2) is 0 Å². The van der Waals surface area contributed by atoms with Gasteiger partial charge in [-0.05, 0) is 80.0 Å². The number of carbonyl (C=O) groups excluding carboxylic acids is 1. The number of hydrogen-bond acceptors (Lipinski definition) is 4. The Morgan fingerprint density at radius 2 is 1.96 bits per heavy atom. The van der Waals surface area contributed by atoms with Crippen LogP contribution >= 0.6 is 0 Å². The van der Waals surface area contributed by atoms with Gasteiger partial charge in [-0.2, -0.15) is 0 Å². The summed E-state index contributed by atoms with van der Waals surface area (Å²) in [5.41, 5.74) is -0.152. The summed E-state index contributed by atoms with van der Waals surface area (Å²) in [6.45, 7) is 2.92. The molecule has 0 aromatic rings. The zero-order chi connectivity index (χ0) is 17.9. The van der Waals surface area contributed by atoms with Gasteiger partial charge in [0.2, 0.25) is 0 Å². The molecule has 4 fully saturated rings. The SMILES string of the molecule is COCC1(O)CC23CCC4C(C(=O)OC)CCCC4(C)C2CCC1C3. The van der Waals surface area contributed by atoms with E-state index in [9.17, 15) is 9.90 Å². The maximum atomic E-state index is 12.4. The van der Waals surface area contributed by atoms with Crippen LogP contribution in [0.3, 0.4) is 0 Å². The van der Waals surface area contributed by atoms with Crippen molar-refractivity contribution >= 4 is 5.97 Å². The summed E-state index contributed by atoms with van der Waals surface area (Å²) in [6.07, 6.45) is 9.99. The lowest BCUT2D eigenvalue weighted by Gasteiger charge is -2.61. The monoisotopic (exact) mass is 350 g/mol. The lowest BCUT2D eigenvalue weighted by molar-refractivity contribution is -0.165. The Labute approximate surface area is 151 Å². The first kappa shape index (κ1) is 17.8. The third-order valence-corrected chi connectivity index (χ3v) is 8.82. The van der Waals surface area contributed by atoms with E-state index < -0.39 is 5.60 Å². The normalized spacial score (nSPS) is 51.5. The summed E-state index contributed by atoms with van der Waals surface area (Å²) in [5.74, 6) is 1.56. The highest BCUT2D eigenvalue weighted by molar-refractivity contribution is 5.73. The third-order valence-electron chi connectivity index (χ3n) is 8.82. The Bertz CT molecular complexity index is 548. The fourth-order valence-corrected chi connectivity index (χ4v) is 8.02. The number of hydrogen-bond donors (Lipinski definition) is 1. The molecule has 0 radical (unpaired) electrons. The van der Waals surface area contributed by atoms with Crippen LogP contribution in [0.4, 0.5) is 0 Å². The molecule has 0 amide bonds. The smallest absolute Gasteiger partial charge is 0.308 e. The molecule has 4 heteroatoms. The zero-order valence-corrected chi connectivity index (χ0v) is 16.1. The molecule has 4 saturated carbocycles. The van der Waals surface area contributed by atoms with E-state index in [0.717, 1.165) is 44.9 Å². The van der Waals surface area contributed by atoms with Crippen molar-refractivity contribution in [2.24, 2.45) is 34.5 Å². The van der Waals surface area contributed by atoms with E-state index in [1.54, 1.807) is 7.11 Å². The fraction of sp³-hybridized carbons (Fsp3) is 0.952. The van der Waals surface area contributed by atoms with Gasteiger partial charge in [-0.15, -0.1) is 0 Å². The summed E-state index contributed by atoms with van der Waals surface area (Å²) in [6, 6.07) is 0. The van der Waals surface area contributed by atoms with Crippen LogP contribution < -0.4 is 0 Å². The predicted octanol–water partition coefficient (Wildman–Crippen LogP) is 3.56. The van der Waals surface area contributed by atoms with Gasteiger partial charge in [-0.25, -0.2) is 0 Å². The summed E-state index contributed by atoms with van der Waals surface area (Å²) >= 11 is 0. The molecule has 4 nitrogen and oxygen atoms in total. The summed E-state index contributed by atoms with van der Waals surface area (Å²) in [4.78, 5) is 12.4. The molecule has 0 aliphatic heterocycles. The highest BCUT2D eigenvalue weighted by Gasteiger charge is 2.66. The summed E-state index contributed by atoms with van der Waals surface area (Å²) < 4.78 is 10.5. The Hall–Kier alpha value is -0.610. The molecule has 7 unspecified atom stereocenters. The molecule has 25 heavy (non-hydrogen) atoms. The lowest BCUT2D eigenvalue weighted by Crippen LogP contribution is -2.55. The quantitative estimate of drug-likeness (QED) is 0.791. The second kappa shape index (κ2) is 5.95. The van der Waals surface area contributed by atoms with Gasteiger partial charge in [0.1, 0.15) is 0 Å². The van der Waals surface area contributed by atoms with Crippen LogP contribution in [-0.2, 0) is 14.3 Å². The fourth-order valence-electron chi connectivity index (χ4n) is 8.02. The summed E-state index contributed by atoms with van der Waals surface area (Å²) in [5, 5.41) is 11.3. The number of esters is 1. The van der Waals surface area contributed by atoms with Crippen LogP contribution in [0.5, 0.6) is 0 Å². The molecule has 0 saturated heterocycles. The summed E-state index contributed by atoms with van der Waals surface area (Å²) in [7, 11) is 3.24. The average molecular weight is 350 g/mol. The largest absolute Gasteiger partial charge is 0.469 e. The van der Waals surface area contributed by atoms with E-state index in [1.807, 2.05) is 0 Å². The lowest BCUT2D eigenvalue weighted by atomic mass is 9.43. The van der Waals surface area contributed by atoms with Crippen LogP contribution in [0.15, 0.2) is 0 Å². The number of methoxy groups -OCH3 is 2. The highest BCUT2D eigenvalue weighted by Crippen LogP contribution is 2.71. The van der Waals surface area contributed by atoms with Crippen LogP contribution in [-0.4, -0.2) is 37.5 Å². The van der Waals surface area contributed by atoms with Crippen LogP contribution in [0.25, 0.3) is 0 Å². The first-order valence-corrected chi connectivity index (χ1v) is 10.2. The molecule has 0 aromatic heterocycles. The van der Waals surface area contributed by atoms with Crippen molar-refractivity contribution in [3.63, 3.8) is 0 Å².